The summed E-state index contributed by atoms with van der Waals surface area (Å²) in [6, 6.07) is 5.13. The molecule has 1 aliphatic rings. The Kier molecular flexibility index (Phi) is 5.15. The summed E-state index contributed by atoms with van der Waals surface area (Å²) in [7, 11) is 1.66. The molecule has 2 aromatic heterocycles. The minimum atomic E-state index is -0.645. The Bertz CT molecular complexity index is 979. The van der Waals surface area contributed by atoms with E-state index in [0.717, 1.165) is 29.7 Å². The zero-order valence-electron chi connectivity index (χ0n) is 16.1. The molecule has 1 aromatic carbocycles. The summed E-state index contributed by atoms with van der Waals surface area (Å²) in [6.45, 7) is 3.23. The standard InChI is InChI=1S/C20H25N5O3/c1-13-21-7-8-25(13)18-6-4-15(19(18)26)23-20(27)14-3-5-17-16(11-14)22-12-24(17)9-10-28-2/h3,5,7-8,11-12,15,18-19,26H,4,6,9-10H2,1-2H3,(H,23,27)/t15-,18-,19-/m1/s1. The molecular formula is C20H25N5O3. The lowest BCUT2D eigenvalue weighted by Crippen LogP contribution is -2.42. The summed E-state index contributed by atoms with van der Waals surface area (Å²) in [6.07, 6.45) is 6.24. The molecule has 1 saturated carbocycles. The van der Waals surface area contributed by atoms with Gasteiger partial charge in [-0.2, -0.15) is 0 Å². The third-order valence-corrected chi connectivity index (χ3v) is 5.54. The molecule has 0 bridgehead atoms. The van der Waals surface area contributed by atoms with Crippen LogP contribution in [0.15, 0.2) is 36.9 Å². The molecule has 2 N–H and O–H groups in total. The maximum atomic E-state index is 12.7. The molecule has 0 unspecified atom stereocenters. The van der Waals surface area contributed by atoms with Crippen LogP contribution in [-0.4, -0.2) is 56.0 Å². The van der Waals surface area contributed by atoms with Crippen LogP contribution < -0.4 is 5.32 Å². The second kappa shape index (κ2) is 7.73. The fourth-order valence-electron chi connectivity index (χ4n) is 3.98. The van der Waals surface area contributed by atoms with Crippen LogP contribution >= 0.6 is 0 Å². The van der Waals surface area contributed by atoms with Gasteiger partial charge in [0.05, 0.1) is 42.2 Å². The number of carbonyl (C=O) groups is 1. The minimum Gasteiger partial charge on any atom is -0.389 e. The SMILES string of the molecule is COCCn1cnc2cc(C(=O)N[C@@H]3CC[C@@H](n4ccnc4C)[C@@H]3O)ccc21. The molecule has 1 aliphatic carbocycles. The Hall–Kier alpha value is -2.71. The number of nitrogens with zero attached hydrogens (tertiary/aromatic N) is 4. The van der Waals surface area contributed by atoms with E-state index in [4.69, 9.17) is 4.74 Å². The van der Waals surface area contributed by atoms with Gasteiger partial charge in [0.25, 0.3) is 5.91 Å². The fourth-order valence-corrected chi connectivity index (χ4v) is 3.98. The van der Waals surface area contributed by atoms with E-state index in [2.05, 4.69) is 15.3 Å². The van der Waals surface area contributed by atoms with Crippen molar-refractivity contribution in [2.45, 2.75) is 44.5 Å². The zero-order chi connectivity index (χ0) is 19.7. The average molecular weight is 383 g/mol. The molecule has 3 aromatic rings. The van der Waals surface area contributed by atoms with Crippen molar-refractivity contribution in [2.24, 2.45) is 0 Å². The predicted octanol–water partition coefficient (Wildman–Crippen LogP) is 1.68. The van der Waals surface area contributed by atoms with Gasteiger partial charge < -0.3 is 24.3 Å². The van der Waals surface area contributed by atoms with E-state index in [0.29, 0.717) is 18.7 Å². The van der Waals surface area contributed by atoms with E-state index in [1.54, 1.807) is 31.8 Å². The number of imidazole rings is 2. The first-order valence-electron chi connectivity index (χ1n) is 9.50. The van der Waals surface area contributed by atoms with E-state index in [-0.39, 0.29) is 18.0 Å². The van der Waals surface area contributed by atoms with E-state index in [1.807, 2.05) is 28.3 Å². The van der Waals surface area contributed by atoms with Crippen molar-refractivity contribution in [1.29, 1.82) is 0 Å². The summed E-state index contributed by atoms with van der Waals surface area (Å²) in [4.78, 5) is 21.3. The summed E-state index contributed by atoms with van der Waals surface area (Å²) in [5.41, 5.74) is 2.27. The maximum Gasteiger partial charge on any atom is 0.251 e. The Morgan fingerprint density at radius 2 is 2.21 bits per heavy atom. The molecule has 28 heavy (non-hydrogen) atoms. The number of aryl methyl sites for hydroxylation is 1. The Morgan fingerprint density at radius 1 is 1.36 bits per heavy atom. The number of hydrogen-bond donors (Lipinski definition) is 2. The van der Waals surface area contributed by atoms with E-state index in [1.165, 1.54) is 0 Å². The highest BCUT2D eigenvalue weighted by atomic mass is 16.5. The Labute approximate surface area is 163 Å². The number of benzene rings is 1. The molecule has 4 rings (SSSR count). The van der Waals surface area contributed by atoms with Crippen LogP contribution in [0.4, 0.5) is 0 Å². The first-order valence-corrected chi connectivity index (χ1v) is 9.50. The van der Waals surface area contributed by atoms with Gasteiger partial charge in [-0.1, -0.05) is 0 Å². The topological polar surface area (TPSA) is 94.2 Å². The van der Waals surface area contributed by atoms with Crippen LogP contribution in [0, 0.1) is 6.92 Å². The van der Waals surface area contributed by atoms with Crippen molar-refractivity contribution in [3.8, 4) is 0 Å². The maximum absolute atomic E-state index is 12.7. The van der Waals surface area contributed by atoms with Gasteiger partial charge in [0.15, 0.2) is 0 Å². The molecule has 1 fully saturated rings. The van der Waals surface area contributed by atoms with Crippen LogP contribution in [0.5, 0.6) is 0 Å². The van der Waals surface area contributed by atoms with Gasteiger partial charge in [-0.3, -0.25) is 4.79 Å². The largest absolute Gasteiger partial charge is 0.389 e. The lowest BCUT2D eigenvalue weighted by molar-refractivity contribution is 0.0812. The van der Waals surface area contributed by atoms with Gasteiger partial charge in [-0.25, -0.2) is 9.97 Å². The summed E-state index contributed by atoms with van der Waals surface area (Å²) in [5.74, 6) is 0.672. The van der Waals surface area contributed by atoms with Crippen molar-refractivity contribution in [2.75, 3.05) is 13.7 Å². The van der Waals surface area contributed by atoms with Gasteiger partial charge in [0.1, 0.15) is 5.82 Å². The number of rotatable bonds is 6. The van der Waals surface area contributed by atoms with Gasteiger partial charge in [-0.15, -0.1) is 0 Å². The average Bonchev–Trinajstić information content (AvgIpc) is 3.39. The van der Waals surface area contributed by atoms with Gasteiger partial charge in [-0.05, 0) is 38.0 Å². The van der Waals surface area contributed by atoms with E-state index in [9.17, 15) is 9.90 Å². The van der Waals surface area contributed by atoms with Crippen molar-refractivity contribution in [3.63, 3.8) is 0 Å². The highest BCUT2D eigenvalue weighted by Gasteiger charge is 2.37. The normalized spacial score (nSPS) is 22.0. The molecule has 148 valence electrons. The van der Waals surface area contributed by atoms with Crippen molar-refractivity contribution < 1.29 is 14.6 Å². The first kappa shape index (κ1) is 18.6. The third kappa shape index (κ3) is 3.41. The molecule has 8 nitrogen and oxygen atoms in total. The lowest BCUT2D eigenvalue weighted by Gasteiger charge is -2.22. The predicted molar refractivity (Wildman–Crippen MR) is 104 cm³/mol. The van der Waals surface area contributed by atoms with Crippen molar-refractivity contribution >= 4 is 16.9 Å². The Balaban J connectivity index is 1.46. The molecular weight excluding hydrogens is 358 g/mol. The van der Waals surface area contributed by atoms with Crippen molar-refractivity contribution in [1.82, 2.24) is 24.4 Å². The number of methoxy groups -OCH3 is 1. The molecule has 3 atom stereocenters. The summed E-state index contributed by atoms with van der Waals surface area (Å²) >= 11 is 0. The van der Waals surface area contributed by atoms with Gasteiger partial charge in [0.2, 0.25) is 0 Å². The number of hydrogen-bond acceptors (Lipinski definition) is 5. The number of carbonyl (C=O) groups excluding carboxylic acids is 1. The second-order valence-electron chi connectivity index (χ2n) is 7.23. The molecule has 0 aliphatic heterocycles. The molecule has 0 radical (unpaired) electrons. The number of amides is 1. The highest BCUT2D eigenvalue weighted by Crippen LogP contribution is 2.31. The second-order valence-corrected chi connectivity index (χ2v) is 7.23. The zero-order valence-corrected chi connectivity index (χ0v) is 16.1. The van der Waals surface area contributed by atoms with Crippen LogP contribution in [0.25, 0.3) is 11.0 Å². The van der Waals surface area contributed by atoms with Crippen LogP contribution in [0.3, 0.4) is 0 Å². The first-order chi connectivity index (χ1) is 13.6. The van der Waals surface area contributed by atoms with E-state index < -0.39 is 6.10 Å². The smallest absolute Gasteiger partial charge is 0.251 e. The van der Waals surface area contributed by atoms with E-state index >= 15 is 0 Å². The number of aliphatic hydroxyl groups excluding tert-OH is 1. The number of ether oxygens (including phenoxy) is 1. The van der Waals surface area contributed by atoms with Gasteiger partial charge >= 0.3 is 0 Å². The van der Waals surface area contributed by atoms with Gasteiger partial charge in [0, 0.05) is 31.6 Å². The molecule has 0 saturated heterocycles. The summed E-state index contributed by atoms with van der Waals surface area (Å²) in [5, 5.41) is 13.7. The van der Waals surface area contributed by atoms with Crippen LogP contribution in [-0.2, 0) is 11.3 Å². The molecule has 0 spiro atoms. The van der Waals surface area contributed by atoms with Crippen molar-refractivity contribution in [3.05, 3.63) is 48.3 Å². The Morgan fingerprint density at radius 3 is 2.96 bits per heavy atom. The number of aliphatic hydroxyl groups is 1. The quantitative estimate of drug-likeness (QED) is 0.675. The third-order valence-electron chi connectivity index (χ3n) is 5.54. The molecule has 1 amide bonds. The highest BCUT2D eigenvalue weighted by molar-refractivity contribution is 5.97. The van der Waals surface area contributed by atoms with Crippen LogP contribution in [0.2, 0.25) is 0 Å². The molecule has 8 heteroatoms. The lowest BCUT2D eigenvalue weighted by atomic mass is 10.1. The monoisotopic (exact) mass is 383 g/mol. The number of aromatic nitrogens is 4. The number of nitrogens with one attached hydrogen (secondary N) is 1. The number of fused-ring (bicyclic) bond motifs is 1. The molecule has 2 heterocycles. The minimum absolute atomic E-state index is 0.0632. The summed E-state index contributed by atoms with van der Waals surface area (Å²) < 4.78 is 9.09. The van der Waals surface area contributed by atoms with Crippen LogP contribution in [0.1, 0.15) is 35.1 Å². The fraction of sp³-hybridized carbons (Fsp3) is 0.450.